The fourth-order valence-electron chi connectivity index (χ4n) is 1.94. The largest absolute Gasteiger partial charge is 0.497 e. The Labute approximate surface area is 120 Å². The van der Waals surface area contributed by atoms with E-state index >= 15 is 0 Å². The van der Waals surface area contributed by atoms with Gasteiger partial charge >= 0.3 is 0 Å². The van der Waals surface area contributed by atoms with E-state index in [0.29, 0.717) is 27.0 Å². The Balaban J connectivity index is 2.51. The Kier molecular flexibility index (Phi) is 3.90. The van der Waals surface area contributed by atoms with Gasteiger partial charge in [-0.2, -0.15) is 0 Å². The number of aryl methyl sites for hydroxylation is 1. The zero-order valence-electron chi connectivity index (χ0n) is 10.7. The van der Waals surface area contributed by atoms with E-state index in [2.05, 4.69) is 15.9 Å². The highest BCUT2D eigenvalue weighted by atomic mass is 79.9. The van der Waals surface area contributed by atoms with Crippen molar-refractivity contribution < 1.29 is 9.53 Å². The number of halogens is 1. The van der Waals surface area contributed by atoms with Crippen molar-refractivity contribution in [1.82, 2.24) is 0 Å². The first-order valence-corrected chi connectivity index (χ1v) is 6.57. The van der Waals surface area contributed by atoms with Gasteiger partial charge in [-0.25, -0.2) is 0 Å². The summed E-state index contributed by atoms with van der Waals surface area (Å²) in [6.45, 7) is 1.88. The second-order valence-electron chi connectivity index (χ2n) is 4.21. The summed E-state index contributed by atoms with van der Waals surface area (Å²) in [6, 6.07) is 10.7. The van der Waals surface area contributed by atoms with Gasteiger partial charge in [0.15, 0.2) is 5.78 Å². The number of nitrogens with two attached hydrogens (primary N) is 1. The van der Waals surface area contributed by atoms with E-state index in [9.17, 15) is 4.79 Å². The third kappa shape index (κ3) is 2.63. The van der Waals surface area contributed by atoms with Crippen LogP contribution in [0.15, 0.2) is 40.9 Å². The lowest BCUT2D eigenvalue weighted by Crippen LogP contribution is -2.08. The lowest BCUT2D eigenvalue weighted by molar-refractivity contribution is 0.103. The van der Waals surface area contributed by atoms with E-state index < -0.39 is 0 Å². The molecule has 0 amide bonds. The molecule has 0 fully saturated rings. The molecule has 0 aliphatic rings. The summed E-state index contributed by atoms with van der Waals surface area (Å²) in [5.74, 6) is 0.603. The highest BCUT2D eigenvalue weighted by molar-refractivity contribution is 9.10. The Morgan fingerprint density at radius 2 is 2.00 bits per heavy atom. The zero-order valence-corrected chi connectivity index (χ0v) is 12.3. The fourth-order valence-corrected chi connectivity index (χ4v) is 2.48. The summed E-state index contributed by atoms with van der Waals surface area (Å²) in [6.07, 6.45) is 0. The van der Waals surface area contributed by atoms with Crippen LogP contribution in [0.4, 0.5) is 5.69 Å². The lowest BCUT2D eigenvalue weighted by Gasteiger charge is -2.10. The molecule has 2 rings (SSSR count). The summed E-state index contributed by atoms with van der Waals surface area (Å²) in [4.78, 5) is 12.6. The summed E-state index contributed by atoms with van der Waals surface area (Å²) in [7, 11) is 1.59. The molecule has 0 aromatic heterocycles. The van der Waals surface area contributed by atoms with Gasteiger partial charge in [-0.15, -0.1) is 0 Å². The maximum atomic E-state index is 12.6. The van der Waals surface area contributed by atoms with Crippen LogP contribution < -0.4 is 10.5 Å². The van der Waals surface area contributed by atoms with Crippen LogP contribution in [-0.2, 0) is 0 Å². The van der Waals surface area contributed by atoms with E-state index in [1.54, 1.807) is 31.4 Å². The Hall–Kier alpha value is -1.81. The first-order chi connectivity index (χ1) is 9.04. The van der Waals surface area contributed by atoms with Crippen molar-refractivity contribution in [2.45, 2.75) is 6.92 Å². The van der Waals surface area contributed by atoms with Crippen LogP contribution in [-0.4, -0.2) is 12.9 Å². The van der Waals surface area contributed by atoms with Gasteiger partial charge < -0.3 is 10.5 Å². The SMILES string of the molecule is COc1ccc(C(=O)c2c(C)cccc2N)c(Br)c1. The van der Waals surface area contributed by atoms with Crippen LogP contribution >= 0.6 is 15.9 Å². The summed E-state index contributed by atoms with van der Waals surface area (Å²) in [5, 5.41) is 0. The summed E-state index contributed by atoms with van der Waals surface area (Å²) in [5.41, 5.74) is 8.39. The molecule has 4 heteroatoms. The molecule has 19 heavy (non-hydrogen) atoms. The molecular formula is C15H14BrNO2. The quantitative estimate of drug-likeness (QED) is 0.695. The van der Waals surface area contributed by atoms with Gasteiger partial charge in [0.05, 0.1) is 7.11 Å². The van der Waals surface area contributed by atoms with Crippen LogP contribution in [0.2, 0.25) is 0 Å². The highest BCUT2D eigenvalue weighted by Crippen LogP contribution is 2.28. The Morgan fingerprint density at radius 1 is 1.26 bits per heavy atom. The van der Waals surface area contributed by atoms with Gasteiger partial charge in [-0.3, -0.25) is 4.79 Å². The molecule has 2 aromatic rings. The standard InChI is InChI=1S/C15H14BrNO2/c1-9-4-3-5-13(17)14(9)15(18)11-7-6-10(19-2)8-12(11)16/h3-8H,17H2,1-2H3. The summed E-state index contributed by atoms with van der Waals surface area (Å²) < 4.78 is 5.81. The maximum Gasteiger partial charge on any atom is 0.196 e. The van der Waals surface area contributed by atoms with E-state index in [0.717, 1.165) is 5.56 Å². The van der Waals surface area contributed by atoms with Crippen LogP contribution in [0.25, 0.3) is 0 Å². The molecule has 0 spiro atoms. The number of methoxy groups -OCH3 is 1. The minimum atomic E-state index is -0.0925. The van der Waals surface area contributed by atoms with Gasteiger partial charge in [-0.05, 0) is 52.7 Å². The molecule has 0 unspecified atom stereocenters. The fraction of sp³-hybridized carbons (Fsp3) is 0.133. The highest BCUT2D eigenvalue weighted by Gasteiger charge is 2.17. The number of rotatable bonds is 3. The van der Waals surface area contributed by atoms with Crippen molar-refractivity contribution >= 4 is 27.4 Å². The number of hydrogen-bond donors (Lipinski definition) is 1. The Bertz CT molecular complexity index is 618. The molecule has 0 saturated carbocycles. The van der Waals surface area contributed by atoms with E-state index in [1.165, 1.54) is 0 Å². The van der Waals surface area contributed by atoms with Gasteiger partial charge in [0.1, 0.15) is 5.75 Å². The minimum Gasteiger partial charge on any atom is -0.497 e. The van der Waals surface area contributed by atoms with Crippen LogP contribution in [0.1, 0.15) is 21.5 Å². The second-order valence-corrected chi connectivity index (χ2v) is 5.07. The van der Waals surface area contributed by atoms with Gasteiger partial charge in [0.2, 0.25) is 0 Å². The van der Waals surface area contributed by atoms with E-state index in [-0.39, 0.29) is 5.78 Å². The third-order valence-corrected chi connectivity index (χ3v) is 3.61. The van der Waals surface area contributed by atoms with Crippen LogP contribution in [0.5, 0.6) is 5.75 Å². The van der Waals surface area contributed by atoms with Crippen molar-refractivity contribution in [3.8, 4) is 5.75 Å². The van der Waals surface area contributed by atoms with Crippen molar-refractivity contribution in [1.29, 1.82) is 0 Å². The number of ketones is 1. The summed E-state index contributed by atoms with van der Waals surface area (Å²) >= 11 is 3.39. The predicted octanol–water partition coefficient (Wildman–Crippen LogP) is 3.58. The molecule has 0 aliphatic heterocycles. The average molecular weight is 320 g/mol. The van der Waals surface area contributed by atoms with Gasteiger partial charge in [0.25, 0.3) is 0 Å². The molecule has 2 aromatic carbocycles. The van der Waals surface area contributed by atoms with E-state index in [1.807, 2.05) is 19.1 Å². The van der Waals surface area contributed by atoms with Crippen molar-refractivity contribution in [2.24, 2.45) is 0 Å². The monoisotopic (exact) mass is 319 g/mol. The predicted molar refractivity (Wildman–Crippen MR) is 79.7 cm³/mol. The molecule has 2 N–H and O–H groups in total. The second kappa shape index (κ2) is 5.45. The zero-order chi connectivity index (χ0) is 14.0. The number of ether oxygens (including phenoxy) is 1. The number of carbonyl (C=O) groups excluding carboxylic acids is 1. The number of anilines is 1. The molecule has 3 nitrogen and oxygen atoms in total. The Morgan fingerprint density at radius 3 is 2.58 bits per heavy atom. The first-order valence-electron chi connectivity index (χ1n) is 5.78. The molecule has 0 bridgehead atoms. The smallest absolute Gasteiger partial charge is 0.196 e. The number of nitrogen functional groups attached to an aromatic ring is 1. The van der Waals surface area contributed by atoms with Crippen LogP contribution in [0.3, 0.4) is 0 Å². The molecule has 0 heterocycles. The number of benzene rings is 2. The normalized spacial score (nSPS) is 10.3. The van der Waals surface area contributed by atoms with Gasteiger partial charge in [0, 0.05) is 21.3 Å². The molecular weight excluding hydrogens is 306 g/mol. The topological polar surface area (TPSA) is 52.3 Å². The molecule has 0 radical (unpaired) electrons. The van der Waals surface area contributed by atoms with Crippen LogP contribution in [0, 0.1) is 6.92 Å². The maximum absolute atomic E-state index is 12.6. The molecule has 98 valence electrons. The first kappa shape index (κ1) is 13.6. The molecule has 0 saturated heterocycles. The molecule has 0 atom stereocenters. The molecule has 0 aliphatic carbocycles. The van der Waals surface area contributed by atoms with Gasteiger partial charge in [-0.1, -0.05) is 12.1 Å². The number of hydrogen-bond acceptors (Lipinski definition) is 3. The number of carbonyl (C=O) groups is 1. The van der Waals surface area contributed by atoms with E-state index in [4.69, 9.17) is 10.5 Å². The van der Waals surface area contributed by atoms with Crippen molar-refractivity contribution in [3.63, 3.8) is 0 Å². The van der Waals surface area contributed by atoms with Crippen molar-refractivity contribution in [3.05, 3.63) is 57.6 Å². The average Bonchev–Trinajstić information content (AvgIpc) is 2.38. The minimum absolute atomic E-state index is 0.0925. The third-order valence-electron chi connectivity index (χ3n) is 2.95. The lowest BCUT2D eigenvalue weighted by atomic mass is 9.97. The van der Waals surface area contributed by atoms with Crippen molar-refractivity contribution in [2.75, 3.05) is 12.8 Å².